The van der Waals surface area contributed by atoms with Crippen LogP contribution in [0, 0.1) is 5.92 Å². The van der Waals surface area contributed by atoms with E-state index < -0.39 is 20.0 Å². The lowest BCUT2D eigenvalue weighted by atomic mass is 9.92. The molecule has 0 bridgehead atoms. The van der Waals surface area contributed by atoms with Gasteiger partial charge in [-0.1, -0.05) is 34.6 Å². The average Bonchev–Trinajstić information content (AvgIpc) is 3.04. The van der Waals surface area contributed by atoms with Crippen LogP contribution in [0.4, 0.5) is 0 Å². The molecule has 1 rings (SSSR count). The van der Waals surface area contributed by atoms with Crippen molar-refractivity contribution in [2.75, 3.05) is 13.2 Å². The molecule has 0 aromatic rings. The fourth-order valence-corrected chi connectivity index (χ4v) is 3.05. The van der Waals surface area contributed by atoms with E-state index in [1.165, 1.54) is 0 Å². The van der Waals surface area contributed by atoms with Crippen molar-refractivity contribution in [2.24, 2.45) is 11.7 Å². The highest BCUT2D eigenvalue weighted by molar-refractivity contribution is 6.74. The van der Waals surface area contributed by atoms with E-state index in [-0.39, 0.29) is 11.1 Å². The smallest absolute Gasteiger partial charge is 0.192 e. The molecule has 1 aliphatic rings. The molecule has 0 spiro atoms. The number of hydrogen-bond donors (Lipinski definition) is 2. The summed E-state index contributed by atoms with van der Waals surface area (Å²) < 4.78 is 11.7. The molecule has 20 heavy (non-hydrogen) atoms. The Labute approximate surface area is 125 Å². The molecule has 1 saturated heterocycles. The molecule has 1 heterocycles. The fraction of sp³-hybridized carbons (Fsp3) is 1.00. The van der Waals surface area contributed by atoms with Gasteiger partial charge in [0.15, 0.2) is 8.32 Å². The van der Waals surface area contributed by atoms with E-state index in [1.54, 1.807) is 0 Å². The minimum atomic E-state index is -1.82. The summed E-state index contributed by atoms with van der Waals surface area (Å²) in [7, 11) is -1.82. The third kappa shape index (κ3) is 4.27. The largest absolute Gasteiger partial charge is 0.414 e. The first-order valence-corrected chi connectivity index (χ1v) is 10.5. The zero-order valence-corrected chi connectivity index (χ0v) is 15.2. The normalized spacial score (nSPS) is 26.7. The SMILES string of the molecule is CC(C)C[C@H](N)[C@H](O)[C@@]1(CO[Si](C)(C)C(C)(C)C)CO1. The molecule has 0 aromatic heterocycles. The maximum absolute atomic E-state index is 10.4. The van der Waals surface area contributed by atoms with Gasteiger partial charge in [0.2, 0.25) is 0 Å². The van der Waals surface area contributed by atoms with E-state index in [0.717, 1.165) is 6.42 Å². The first-order chi connectivity index (χ1) is 8.91. The molecule has 0 aliphatic carbocycles. The minimum absolute atomic E-state index is 0.161. The number of ether oxygens (including phenoxy) is 1. The Balaban J connectivity index is 2.59. The molecule has 1 aliphatic heterocycles. The van der Waals surface area contributed by atoms with Gasteiger partial charge in [-0.15, -0.1) is 0 Å². The van der Waals surface area contributed by atoms with Crippen LogP contribution in [0.25, 0.3) is 0 Å². The number of aliphatic hydroxyl groups excluding tert-OH is 1. The predicted octanol–water partition coefficient (Wildman–Crippen LogP) is 2.51. The Morgan fingerprint density at radius 2 is 1.85 bits per heavy atom. The van der Waals surface area contributed by atoms with Gasteiger partial charge in [0, 0.05) is 6.04 Å². The van der Waals surface area contributed by atoms with Gasteiger partial charge in [0.05, 0.1) is 13.2 Å². The zero-order valence-electron chi connectivity index (χ0n) is 14.2. The topological polar surface area (TPSA) is 68.0 Å². The Bertz CT molecular complexity index is 322. The van der Waals surface area contributed by atoms with Crippen LogP contribution in [0.15, 0.2) is 0 Å². The molecule has 3 atom stereocenters. The van der Waals surface area contributed by atoms with Crippen LogP contribution in [-0.4, -0.2) is 44.4 Å². The van der Waals surface area contributed by atoms with Crippen LogP contribution in [0.1, 0.15) is 41.0 Å². The number of epoxide rings is 1. The average molecular weight is 304 g/mol. The highest BCUT2D eigenvalue weighted by atomic mass is 28.4. The maximum atomic E-state index is 10.4. The van der Waals surface area contributed by atoms with Gasteiger partial charge in [-0.25, -0.2) is 0 Å². The molecule has 0 unspecified atom stereocenters. The van der Waals surface area contributed by atoms with Crippen LogP contribution in [-0.2, 0) is 9.16 Å². The molecule has 3 N–H and O–H groups in total. The predicted molar refractivity (Wildman–Crippen MR) is 85.3 cm³/mol. The first-order valence-electron chi connectivity index (χ1n) is 7.63. The zero-order chi connectivity index (χ0) is 15.8. The van der Waals surface area contributed by atoms with Crippen LogP contribution >= 0.6 is 0 Å². The van der Waals surface area contributed by atoms with E-state index in [2.05, 4.69) is 47.7 Å². The first kappa shape index (κ1) is 18.1. The van der Waals surface area contributed by atoms with Gasteiger partial charge in [-0.2, -0.15) is 0 Å². The third-order valence-corrected chi connectivity index (χ3v) is 9.17. The van der Waals surface area contributed by atoms with Crippen LogP contribution in [0.3, 0.4) is 0 Å². The number of rotatable bonds is 7. The second-order valence-electron chi connectivity index (χ2n) is 8.14. The highest BCUT2D eigenvalue weighted by Crippen LogP contribution is 2.40. The molecule has 5 heteroatoms. The number of nitrogens with two attached hydrogens (primary N) is 1. The number of aliphatic hydroxyl groups is 1. The third-order valence-electron chi connectivity index (χ3n) is 4.69. The summed E-state index contributed by atoms with van der Waals surface area (Å²) in [6, 6.07) is -0.250. The Hall–Kier alpha value is 0.0569. The molecule has 0 saturated carbocycles. The standard InChI is InChI=1S/C15H33NO3Si/c1-11(2)8-12(16)13(17)15(9-18-15)10-19-20(6,7)14(3,4)5/h11-13,17H,8-10,16H2,1-7H3/t12-,13-,15-/m0/s1. The monoisotopic (exact) mass is 303 g/mol. The van der Waals surface area contributed by atoms with Gasteiger partial charge in [-0.05, 0) is 30.5 Å². The summed E-state index contributed by atoms with van der Waals surface area (Å²) in [4.78, 5) is 0. The molecule has 0 aromatic carbocycles. The van der Waals surface area contributed by atoms with Gasteiger partial charge >= 0.3 is 0 Å². The molecule has 1 fully saturated rings. The maximum Gasteiger partial charge on any atom is 0.192 e. The van der Waals surface area contributed by atoms with E-state index in [9.17, 15) is 5.11 Å². The Morgan fingerprint density at radius 3 is 2.20 bits per heavy atom. The van der Waals surface area contributed by atoms with E-state index in [4.69, 9.17) is 14.9 Å². The van der Waals surface area contributed by atoms with E-state index in [1.807, 2.05) is 0 Å². The van der Waals surface area contributed by atoms with E-state index >= 15 is 0 Å². The lowest BCUT2D eigenvalue weighted by Gasteiger charge is -2.38. The van der Waals surface area contributed by atoms with Gasteiger partial charge in [-0.3, -0.25) is 0 Å². The highest BCUT2D eigenvalue weighted by Gasteiger charge is 2.55. The van der Waals surface area contributed by atoms with Gasteiger partial charge in [0.1, 0.15) is 11.7 Å². The summed E-state index contributed by atoms with van der Waals surface area (Å²) in [6.07, 6.45) is 0.154. The second kappa shape index (κ2) is 6.05. The van der Waals surface area contributed by atoms with Crippen molar-refractivity contribution in [3.63, 3.8) is 0 Å². The summed E-state index contributed by atoms with van der Waals surface area (Å²) in [6.45, 7) is 16.3. The quantitative estimate of drug-likeness (QED) is 0.560. The lowest BCUT2D eigenvalue weighted by molar-refractivity contribution is 0.0196. The minimum Gasteiger partial charge on any atom is -0.414 e. The van der Waals surface area contributed by atoms with Gasteiger partial charge in [0.25, 0.3) is 0 Å². The number of hydrogen-bond acceptors (Lipinski definition) is 4. The van der Waals surface area contributed by atoms with Gasteiger partial charge < -0.3 is 20.0 Å². The lowest BCUT2D eigenvalue weighted by Crippen LogP contribution is -2.51. The molecule has 4 nitrogen and oxygen atoms in total. The van der Waals surface area contributed by atoms with Crippen molar-refractivity contribution in [3.05, 3.63) is 0 Å². The summed E-state index contributed by atoms with van der Waals surface area (Å²) in [5, 5.41) is 10.6. The molecular formula is C15H33NO3Si. The van der Waals surface area contributed by atoms with Crippen LogP contribution < -0.4 is 5.73 Å². The van der Waals surface area contributed by atoms with Crippen LogP contribution in [0.5, 0.6) is 0 Å². The van der Waals surface area contributed by atoms with Crippen molar-refractivity contribution in [2.45, 2.75) is 76.9 Å². The molecular weight excluding hydrogens is 270 g/mol. The second-order valence-corrected chi connectivity index (χ2v) is 12.9. The fourth-order valence-electron chi connectivity index (χ4n) is 2.01. The molecule has 120 valence electrons. The van der Waals surface area contributed by atoms with Crippen molar-refractivity contribution in [1.82, 2.24) is 0 Å². The molecule has 0 amide bonds. The summed E-state index contributed by atoms with van der Waals surface area (Å²) >= 11 is 0. The summed E-state index contributed by atoms with van der Waals surface area (Å²) in [5.74, 6) is 0.469. The molecule has 0 radical (unpaired) electrons. The van der Waals surface area contributed by atoms with Crippen LogP contribution in [0.2, 0.25) is 18.1 Å². The Kier molecular flexibility index (Phi) is 5.47. The van der Waals surface area contributed by atoms with Crippen molar-refractivity contribution in [3.8, 4) is 0 Å². The van der Waals surface area contributed by atoms with Crippen molar-refractivity contribution in [1.29, 1.82) is 0 Å². The van der Waals surface area contributed by atoms with Crippen molar-refractivity contribution >= 4 is 8.32 Å². The van der Waals surface area contributed by atoms with Crippen molar-refractivity contribution < 1.29 is 14.3 Å². The van der Waals surface area contributed by atoms with E-state index in [0.29, 0.717) is 19.1 Å². The Morgan fingerprint density at radius 1 is 1.35 bits per heavy atom. The summed E-state index contributed by atoms with van der Waals surface area (Å²) in [5.41, 5.74) is 5.53.